The molecule has 0 unspecified atom stereocenters. The monoisotopic (exact) mass is 428 g/mol. The number of amides is 1. The summed E-state index contributed by atoms with van der Waals surface area (Å²) in [7, 11) is 6.36. The molecule has 0 aliphatic carbocycles. The summed E-state index contributed by atoms with van der Waals surface area (Å²) < 4.78 is 21.1. The van der Waals surface area contributed by atoms with E-state index in [2.05, 4.69) is 10.3 Å². The van der Waals surface area contributed by atoms with Crippen molar-refractivity contribution in [1.29, 1.82) is 0 Å². The number of carbonyl (C=O) groups excluding carboxylic acids is 1. The lowest BCUT2D eigenvalue weighted by Crippen LogP contribution is -2.24. The second kappa shape index (κ2) is 9.98. The van der Waals surface area contributed by atoms with Crippen LogP contribution < -0.4 is 24.3 Å². The molecule has 3 rings (SSSR count). The fourth-order valence-corrected chi connectivity index (χ4v) is 3.72. The highest BCUT2D eigenvalue weighted by Crippen LogP contribution is 2.33. The molecule has 8 heteroatoms. The van der Waals surface area contributed by atoms with E-state index in [4.69, 9.17) is 18.9 Å². The van der Waals surface area contributed by atoms with Crippen molar-refractivity contribution >= 4 is 17.2 Å². The molecule has 0 bridgehead atoms. The Hall–Kier alpha value is -3.26. The van der Waals surface area contributed by atoms with E-state index in [9.17, 15) is 4.79 Å². The lowest BCUT2D eigenvalue weighted by Gasteiger charge is -2.10. The summed E-state index contributed by atoms with van der Waals surface area (Å²) in [6, 6.07) is 11.2. The highest BCUT2D eigenvalue weighted by Gasteiger charge is 2.12. The maximum atomic E-state index is 12.4. The largest absolute Gasteiger partial charge is 0.493 e. The van der Waals surface area contributed by atoms with Crippen LogP contribution in [0.2, 0.25) is 0 Å². The Balaban J connectivity index is 1.61. The molecule has 0 fully saturated rings. The van der Waals surface area contributed by atoms with Crippen LogP contribution in [0.15, 0.2) is 41.8 Å². The van der Waals surface area contributed by atoms with Crippen LogP contribution in [0.25, 0.3) is 10.6 Å². The minimum Gasteiger partial charge on any atom is -0.493 e. The first kappa shape index (κ1) is 21.4. The van der Waals surface area contributed by atoms with Gasteiger partial charge in [0.15, 0.2) is 23.0 Å². The highest BCUT2D eigenvalue weighted by molar-refractivity contribution is 7.13. The number of aromatic nitrogens is 1. The number of thiazole rings is 1. The molecule has 3 aromatic rings. The van der Waals surface area contributed by atoms with Crippen LogP contribution in [-0.4, -0.2) is 39.3 Å². The molecule has 158 valence electrons. The van der Waals surface area contributed by atoms with Crippen molar-refractivity contribution in [2.24, 2.45) is 0 Å². The van der Waals surface area contributed by atoms with Gasteiger partial charge in [-0.05, 0) is 35.9 Å². The average Bonchev–Trinajstić information content (AvgIpc) is 3.25. The lowest BCUT2D eigenvalue weighted by atomic mass is 10.2. The zero-order valence-electron chi connectivity index (χ0n) is 17.4. The summed E-state index contributed by atoms with van der Waals surface area (Å²) in [6.07, 6.45) is 0.205. The van der Waals surface area contributed by atoms with E-state index in [1.807, 2.05) is 41.8 Å². The van der Waals surface area contributed by atoms with Crippen molar-refractivity contribution in [3.8, 4) is 33.6 Å². The number of hydrogen-bond donors (Lipinski definition) is 1. The van der Waals surface area contributed by atoms with Crippen LogP contribution in [0.1, 0.15) is 11.3 Å². The molecule has 0 saturated carbocycles. The van der Waals surface area contributed by atoms with Gasteiger partial charge in [0.05, 0.1) is 40.6 Å². The van der Waals surface area contributed by atoms with Crippen molar-refractivity contribution < 1.29 is 23.7 Å². The number of hydrogen-bond acceptors (Lipinski definition) is 7. The first-order valence-corrected chi connectivity index (χ1v) is 10.1. The third kappa shape index (κ3) is 5.01. The summed E-state index contributed by atoms with van der Waals surface area (Å²) in [5, 5.41) is 5.62. The van der Waals surface area contributed by atoms with Crippen LogP contribution in [0.3, 0.4) is 0 Å². The first-order valence-electron chi connectivity index (χ1n) is 9.22. The maximum absolute atomic E-state index is 12.4. The number of nitrogens with one attached hydrogen (secondary N) is 1. The van der Waals surface area contributed by atoms with Gasteiger partial charge in [0, 0.05) is 17.5 Å². The third-order valence-corrected chi connectivity index (χ3v) is 5.40. The van der Waals surface area contributed by atoms with Gasteiger partial charge in [0.2, 0.25) is 5.91 Å². The van der Waals surface area contributed by atoms with Gasteiger partial charge in [0.1, 0.15) is 5.01 Å². The zero-order valence-corrected chi connectivity index (χ0v) is 18.2. The lowest BCUT2D eigenvalue weighted by molar-refractivity contribution is -0.120. The van der Waals surface area contributed by atoms with Crippen LogP contribution in [0.4, 0.5) is 0 Å². The van der Waals surface area contributed by atoms with Crippen molar-refractivity contribution in [1.82, 2.24) is 10.3 Å². The predicted octanol–water partition coefficient (Wildman–Crippen LogP) is 3.70. The molecule has 2 aromatic carbocycles. The van der Waals surface area contributed by atoms with Crippen molar-refractivity contribution in [3.63, 3.8) is 0 Å². The highest BCUT2D eigenvalue weighted by atomic mass is 32.1. The number of carbonyl (C=O) groups is 1. The molecular weight excluding hydrogens is 404 g/mol. The Labute approximate surface area is 179 Å². The van der Waals surface area contributed by atoms with E-state index in [1.54, 1.807) is 28.4 Å². The minimum absolute atomic E-state index is 0.103. The van der Waals surface area contributed by atoms with Crippen molar-refractivity contribution in [2.45, 2.75) is 13.0 Å². The van der Waals surface area contributed by atoms with Crippen LogP contribution >= 0.6 is 11.3 Å². The normalized spacial score (nSPS) is 10.4. The van der Waals surface area contributed by atoms with E-state index < -0.39 is 0 Å². The molecule has 0 aliphatic rings. The Kier molecular flexibility index (Phi) is 7.13. The van der Waals surface area contributed by atoms with E-state index >= 15 is 0 Å². The summed E-state index contributed by atoms with van der Waals surface area (Å²) in [4.78, 5) is 16.9. The molecular formula is C22H24N2O5S. The van der Waals surface area contributed by atoms with Gasteiger partial charge >= 0.3 is 0 Å². The SMILES string of the molecule is COc1ccc(CNC(=O)Cc2csc(-c3ccc(OC)c(OC)c3)n2)cc1OC. The molecule has 0 radical (unpaired) electrons. The van der Waals surface area contributed by atoms with Crippen LogP contribution in [0.5, 0.6) is 23.0 Å². The fraction of sp³-hybridized carbons (Fsp3) is 0.273. The second-order valence-corrected chi connectivity index (χ2v) is 7.21. The van der Waals surface area contributed by atoms with Gasteiger partial charge < -0.3 is 24.3 Å². The maximum Gasteiger partial charge on any atom is 0.226 e. The quantitative estimate of drug-likeness (QED) is 0.560. The molecule has 0 saturated heterocycles. The van der Waals surface area contributed by atoms with E-state index in [-0.39, 0.29) is 12.3 Å². The van der Waals surface area contributed by atoms with Gasteiger partial charge in [-0.1, -0.05) is 6.07 Å². The van der Waals surface area contributed by atoms with Crippen LogP contribution in [0, 0.1) is 0 Å². The topological polar surface area (TPSA) is 78.9 Å². The molecule has 7 nitrogen and oxygen atoms in total. The molecule has 30 heavy (non-hydrogen) atoms. The number of benzene rings is 2. The summed E-state index contributed by atoms with van der Waals surface area (Å²) in [5.74, 6) is 2.47. The summed E-state index contributed by atoms with van der Waals surface area (Å²) in [6.45, 7) is 0.395. The minimum atomic E-state index is -0.103. The summed E-state index contributed by atoms with van der Waals surface area (Å²) in [5.41, 5.74) is 2.55. The smallest absolute Gasteiger partial charge is 0.226 e. The fourth-order valence-electron chi connectivity index (χ4n) is 2.91. The molecule has 0 atom stereocenters. The second-order valence-electron chi connectivity index (χ2n) is 6.36. The molecule has 0 aliphatic heterocycles. The number of methoxy groups -OCH3 is 4. The van der Waals surface area contributed by atoms with Gasteiger partial charge in [-0.15, -0.1) is 11.3 Å². The average molecular weight is 429 g/mol. The van der Waals surface area contributed by atoms with Crippen molar-refractivity contribution in [2.75, 3.05) is 28.4 Å². The van der Waals surface area contributed by atoms with E-state index in [1.165, 1.54) is 11.3 Å². The molecule has 1 amide bonds. The van der Waals surface area contributed by atoms with E-state index in [0.717, 1.165) is 21.8 Å². The Morgan fingerprint density at radius 2 is 1.53 bits per heavy atom. The Morgan fingerprint density at radius 1 is 0.900 bits per heavy atom. The number of nitrogens with zero attached hydrogens (tertiary/aromatic N) is 1. The predicted molar refractivity (Wildman–Crippen MR) is 116 cm³/mol. The van der Waals surface area contributed by atoms with Gasteiger partial charge in [0.25, 0.3) is 0 Å². The van der Waals surface area contributed by atoms with Crippen LogP contribution in [-0.2, 0) is 17.8 Å². The molecule has 0 spiro atoms. The van der Waals surface area contributed by atoms with E-state index in [0.29, 0.717) is 29.5 Å². The first-order chi connectivity index (χ1) is 14.6. The number of rotatable bonds is 9. The number of ether oxygens (including phenoxy) is 4. The zero-order chi connectivity index (χ0) is 21.5. The standard InChI is InChI=1S/C22H24N2O5S/c1-26-17-7-5-14(9-19(17)28-3)12-23-21(25)11-16-13-30-22(24-16)15-6-8-18(27-2)20(10-15)29-4/h5-10,13H,11-12H2,1-4H3,(H,23,25). The van der Waals surface area contributed by atoms with Gasteiger partial charge in [-0.25, -0.2) is 4.98 Å². The Bertz CT molecular complexity index is 1020. The molecule has 1 N–H and O–H groups in total. The summed E-state index contributed by atoms with van der Waals surface area (Å²) >= 11 is 1.48. The Morgan fingerprint density at radius 3 is 2.20 bits per heavy atom. The van der Waals surface area contributed by atoms with Gasteiger partial charge in [-0.2, -0.15) is 0 Å². The third-order valence-electron chi connectivity index (χ3n) is 4.46. The van der Waals surface area contributed by atoms with Gasteiger partial charge in [-0.3, -0.25) is 4.79 Å². The molecule has 1 aromatic heterocycles. The van der Waals surface area contributed by atoms with Crippen molar-refractivity contribution in [3.05, 3.63) is 53.0 Å². The molecule has 1 heterocycles.